The van der Waals surface area contributed by atoms with E-state index in [4.69, 9.17) is 15.0 Å². The van der Waals surface area contributed by atoms with Crippen LogP contribution in [-0.4, -0.2) is 19.5 Å². The highest BCUT2D eigenvalue weighted by Crippen LogP contribution is 2.44. The SMILES string of the molecule is N#Cc1ccccc1-c1cc(-c2nc(-c3ccccc3)nc(-c3ccccc3)n2)cc(-n2c3ccccc3c3c4sc5ccccc5c4ccc32)c1. The van der Waals surface area contributed by atoms with Gasteiger partial charge in [-0.2, -0.15) is 5.26 Å². The number of fused-ring (bicyclic) bond motifs is 7. The largest absolute Gasteiger partial charge is 0.309 e. The second kappa shape index (κ2) is 12.1. The minimum Gasteiger partial charge on any atom is -0.309 e. The molecule has 3 aromatic heterocycles. The highest BCUT2D eigenvalue weighted by atomic mass is 32.1. The van der Waals surface area contributed by atoms with E-state index in [9.17, 15) is 5.26 Å². The van der Waals surface area contributed by atoms with Gasteiger partial charge in [-0.3, -0.25) is 0 Å². The van der Waals surface area contributed by atoms with Crippen LogP contribution in [0.15, 0.2) is 164 Å². The van der Waals surface area contributed by atoms with Crippen molar-refractivity contribution in [2.45, 2.75) is 0 Å². The molecule has 6 heteroatoms. The third kappa shape index (κ3) is 4.87. The molecule has 0 saturated heterocycles. The molecule has 0 amide bonds. The molecule has 0 unspecified atom stereocenters. The van der Waals surface area contributed by atoms with Crippen LogP contribution in [0.5, 0.6) is 0 Å². The Bertz CT molecular complexity index is 2970. The fourth-order valence-electron chi connectivity index (χ4n) is 7.31. The highest BCUT2D eigenvalue weighted by Gasteiger charge is 2.20. The number of nitrogens with zero attached hydrogens (tertiary/aromatic N) is 5. The number of hydrogen-bond donors (Lipinski definition) is 0. The van der Waals surface area contributed by atoms with Gasteiger partial charge in [-0.25, -0.2) is 15.0 Å². The Labute approximate surface area is 303 Å². The van der Waals surface area contributed by atoms with E-state index in [2.05, 4.69) is 89.5 Å². The predicted molar refractivity (Wildman–Crippen MR) is 214 cm³/mol. The van der Waals surface area contributed by atoms with Gasteiger partial charge in [-0.05, 0) is 53.6 Å². The molecule has 0 radical (unpaired) electrons. The topological polar surface area (TPSA) is 67.4 Å². The molecule has 0 aliphatic carbocycles. The van der Waals surface area contributed by atoms with Crippen molar-refractivity contribution >= 4 is 53.3 Å². The fourth-order valence-corrected chi connectivity index (χ4v) is 8.57. The Morgan fingerprint density at radius 3 is 1.81 bits per heavy atom. The van der Waals surface area contributed by atoms with E-state index in [1.807, 2.05) is 96.3 Å². The van der Waals surface area contributed by atoms with Crippen molar-refractivity contribution in [2.75, 3.05) is 0 Å². The molecule has 0 saturated carbocycles. The normalized spacial score (nSPS) is 11.4. The van der Waals surface area contributed by atoms with Crippen molar-refractivity contribution in [3.05, 3.63) is 169 Å². The van der Waals surface area contributed by atoms with Gasteiger partial charge in [0.1, 0.15) is 0 Å². The number of benzene rings is 7. The fraction of sp³-hybridized carbons (Fsp3) is 0. The average molecular weight is 682 g/mol. The maximum Gasteiger partial charge on any atom is 0.164 e. The molecule has 0 spiro atoms. The number of nitriles is 1. The predicted octanol–water partition coefficient (Wildman–Crippen LogP) is 11.9. The molecule has 0 aliphatic heterocycles. The van der Waals surface area contributed by atoms with Crippen molar-refractivity contribution < 1.29 is 0 Å². The van der Waals surface area contributed by atoms with Gasteiger partial charge in [-0.1, -0.05) is 121 Å². The lowest BCUT2D eigenvalue weighted by molar-refractivity contribution is 1.07. The first-order valence-corrected chi connectivity index (χ1v) is 17.9. The summed E-state index contributed by atoms with van der Waals surface area (Å²) in [5, 5.41) is 15.2. The van der Waals surface area contributed by atoms with Crippen molar-refractivity contribution in [1.29, 1.82) is 5.26 Å². The van der Waals surface area contributed by atoms with E-state index in [1.165, 1.54) is 30.9 Å². The molecule has 10 aromatic rings. The zero-order valence-corrected chi connectivity index (χ0v) is 28.5. The van der Waals surface area contributed by atoms with E-state index >= 15 is 0 Å². The second-order valence-electron chi connectivity index (χ2n) is 12.8. The summed E-state index contributed by atoms with van der Waals surface area (Å²) in [6.07, 6.45) is 0. The molecule has 0 N–H and O–H groups in total. The van der Waals surface area contributed by atoms with Crippen molar-refractivity contribution in [1.82, 2.24) is 19.5 Å². The minimum absolute atomic E-state index is 0.554. The highest BCUT2D eigenvalue weighted by molar-refractivity contribution is 7.26. The molecule has 0 bridgehead atoms. The molecule has 7 aromatic carbocycles. The van der Waals surface area contributed by atoms with Crippen LogP contribution < -0.4 is 0 Å². The maximum absolute atomic E-state index is 10.2. The summed E-state index contributed by atoms with van der Waals surface area (Å²) in [5.41, 5.74) is 8.16. The van der Waals surface area contributed by atoms with Gasteiger partial charge in [0.05, 0.1) is 22.7 Å². The lowest BCUT2D eigenvalue weighted by atomic mass is 9.97. The third-order valence-corrected chi connectivity index (χ3v) is 10.9. The van der Waals surface area contributed by atoms with Crippen LogP contribution in [-0.2, 0) is 0 Å². The van der Waals surface area contributed by atoms with E-state index < -0.39 is 0 Å². The molecule has 5 nitrogen and oxygen atoms in total. The van der Waals surface area contributed by atoms with Crippen LogP contribution in [0.25, 0.3) is 93.0 Å². The van der Waals surface area contributed by atoms with E-state index in [-0.39, 0.29) is 0 Å². The summed E-state index contributed by atoms with van der Waals surface area (Å²) in [6, 6.07) is 58.4. The van der Waals surface area contributed by atoms with Crippen LogP contribution >= 0.6 is 11.3 Å². The molecular weight excluding hydrogens is 655 g/mol. The Morgan fingerprint density at radius 1 is 0.481 bits per heavy atom. The van der Waals surface area contributed by atoms with Crippen LogP contribution in [0, 0.1) is 11.3 Å². The van der Waals surface area contributed by atoms with Gasteiger partial charge in [0.25, 0.3) is 0 Å². The first-order valence-electron chi connectivity index (χ1n) is 17.1. The molecule has 0 fully saturated rings. The summed E-state index contributed by atoms with van der Waals surface area (Å²) in [4.78, 5) is 15.1. The third-order valence-electron chi connectivity index (χ3n) is 9.67. The first kappa shape index (κ1) is 29.9. The van der Waals surface area contributed by atoms with Gasteiger partial charge in [0.15, 0.2) is 17.5 Å². The van der Waals surface area contributed by atoms with Crippen LogP contribution in [0.3, 0.4) is 0 Å². The second-order valence-corrected chi connectivity index (χ2v) is 13.8. The summed E-state index contributed by atoms with van der Waals surface area (Å²) >= 11 is 1.84. The standard InChI is InChI=1S/C46H27N5S/c47-28-31-17-7-8-18-35(31)32-25-33(46-49-44(29-13-3-1-4-14-29)48-45(50-46)30-15-5-2-6-16-30)27-34(26-32)51-39-21-11-9-20-38(39)42-40(51)24-23-37-36-19-10-12-22-41(36)52-43(37)42/h1-27H. The number of hydrogen-bond acceptors (Lipinski definition) is 5. The van der Waals surface area contributed by atoms with Gasteiger partial charge in [-0.15, -0.1) is 11.3 Å². The van der Waals surface area contributed by atoms with Crippen molar-refractivity contribution in [3.63, 3.8) is 0 Å². The van der Waals surface area contributed by atoms with Gasteiger partial charge in [0, 0.05) is 53.3 Å². The summed E-state index contributed by atoms with van der Waals surface area (Å²) in [5.74, 6) is 1.74. The van der Waals surface area contributed by atoms with Gasteiger partial charge < -0.3 is 4.57 Å². The van der Waals surface area contributed by atoms with Crippen molar-refractivity contribution in [2.24, 2.45) is 0 Å². The number of aromatic nitrogens is 4. The van der Waals surface area contributed by atoms with E-state index in [1.54, 1.807) is 0 Å². The van der Waals surface area contributed by atoms with Gasteiger partial charge >= 0.3 is 0 Å². The molecule has 10 rings (SSSR count). The smallest absolute Gasteiger partial charge is 0.164 e. The summed E-state index contributed by atoms with van der Waals surface area (Å²) in [7, 11) is 0. The Kier molecular flexibility index (Phi) is 6.98. The Hall–Kier alpha value is -6.94. The zero-order chi connectivity index (χ0) is 34.6. The summed E-state index contributed by atoms with van der Waals surface area (Å²) < 4.78 is 4.89. The molecule has 0 atom stereocenters. The quantitative estimate of drug-likeness (QED) is 0.181. The van der Waals surface area contributed by atoms with Gasteiger partial charge in [0.2, 0.25) is 0 Å². The summed E-state index contributed by atoms with van der Waals surface area (Å²) in [6.45, 7) is 0. The maximum atomic E-state index is 10.2. The minimum atomic E-state index is 0.554. The van der Waals surface area contributed by atoms with Crippen LogP contribution in [0.2, 0.25) is 0 Å². The zero-order valence-electron chi connectivity index (χ0n) is 27.7. The molecule has 242 valence electrons. The first-order chi connectivity index (χ1) is 25.7. The number of para-hydroxylation sites is 1. The monoisotopic (exact) mass is 681 g/mol. The Morgan fingerprint density at radius 2 is 1.08 bits per heavy atom. The lowest BCUT2D eigenvalue weighted by Crippen LogP contribution is -2.02. The van der Waals surface area contributed by atoms with Crippen LogP contribution in [0.1, 0.15) is 5.56 Å². The number of rotatable bonds is 5. The lowest BCUT2D eigenvalue weighted by Gasteiger charge is -2.15. The molecule has 3 heterocycles. The average Bonchev–Trinajstić information content (AvgIpc) is 3.77. The van der Waals surface area contributed by atoms with Crippen molar-refractivity contribution in [3.8, 4) is 57.0 Å². The van der Waals surface area contributed by atoms with E-state index in [0.29, 0.717) is 23.0 Å². The van der Waals surface area contributed by atoms with Crippen LogP contribution in [0.4, 0.5) is 0 Å². The number of thiophene rings is 1. The molecule has 0 aliphatic rings. The Balaban J connectivity index is 1.29. The molecular formula is C46H27N5S. The molecule has 52 heavy (non-hydrogen) atoms. The van der Waals surface area contributed by atoms with E-state index in [0.717, 1.165) is 44.5 Å².